The fraction of sp³-hybridized carbons (Fsp3) is 0.286. The van der Waals surface area contributed by atoms with Gasteiger partial charge in [-0.3, -0.25) is 4.79 Å². The first-order valence-corrected chi connectivity index (χ1v) is 4.51. The fourth-order valence-corrected chi connectivity index (χ4v) is 1.21. The molecule has 0 aromatic carbocycles. The van der Waals surface area contributed by atoms with Crippen LogP contribution in [0.25, 0.3) is 0 Å². The van der Waals surface area contributed by atoms with E-state index in [9.17, 15) is 9.18 Å². The molecule has 1 radical (unpaired) electrons. The van der Waals surface area contributed by atoms with E-state index < -0.39 is 6.67 Å². The summed E-state index contributed by atoms with van der Waals surface area (Å²) in [7, 11) is 0. The minimum absolute atomic E-state index is 0.119. The van der Waals surface area contributed by atoms with Crippen molar-refractivity contribution in [2.75, 3.05) is 19.0 Å². The maximum atomic E-state index is 11.6. The molecule has 75 valence electrons. The highest BCUT2D eigenvalue weighted by Crippen LogP contribution is 2.11. The van der Waals surface area contributed by atoms with Crippen LogP contribution in [0.4, 0.5) is 9.52 Å². The minimum Gasteiger partial charge on any atom is -0.392 e. The summed E-state index contributed by atoms with van der Waals surface area (Å²) in [6.07, 6.45) is 1.53. The predicted octanol–water partition coefficient (Wildman–Crippen LogP) is 0.525. The lowest BCUT2D eigenvalue weighted by atomic mass is 10.3. The van der Waals surface area contributed by atoms with E-state index in [-0.39, 0.29) is 18.0 Å². The predicted molar refractivity (Wildman–Crippen MR) is 50.7 cm³/mol. The quantitative estimate of drug-likeness (QED) is 0.442. The number of halogens is 1. The van der Waals surface area contributed by atoms with Crippen LogP contribution in [-0.4, -0.2) is 30.3 Å². The van der Waals surface area contributed by atoms with Gasteiger partial charge in [-0.05, 0) is 0 Å². The van der Waals surface area contributed by atoms with Gasteiger partial charge in [0.05, 0.1) is 0 Å². The smallest absolute Gasteiger partial charge is 0.259 e. The molecule has 0 saturated heterocycles. The Balaban J connectivity index is 2.71. The van der Waals surface area contributed by atoms with Crippen molar-refractivity contribution in [2.24, 2.45) is 5.16 Å². The Labute approximate surface area is 83.4 Å². The maximum Gasteiger partial charge on any atom is 0.259 e. The average molecular weight is 216 g/mol. The van der Waals surface area contributed by atoms with Gasteiger partial charge in [-0.1, -0.05) is 5.16 Å². The molecular weight excluding hydrogens is 209 g/mol. The highest BCUT2D eigenvalue weighted by atomic mass is 32.1. The molecule has 0 amide bonds. The van der Waals surface area contributed by atoms with Crippen molar-refractivity contribution in [1.82, 2.24) is 4.98 Å². The molecule has 0 fully saturated rings. The number of aromatic nitrogens is 1. The summed E-state index contributed by atoms with van der Waals surface area (Å²) < 4.78 is 11.6. The van der Waals surface area contributed by atoms with E-state index in [1.807, 2.05) is 0 Å². The molecule has 0 spiro atoms. The van der Waals surface area contributed by atoms with Gasteiger partial charge in [-0.2, -0.15) is 0 Å². The lowest BCUT2D eigenvalue weighted by Crippen LogP contribution is -2.05. The summed E-state index contributed by atoms with van der Waals surface area (Å²) in [5.41, 5.74) is 5.51. The third kappa shape index (κ3) is 2.77. The number of oxime groups is 1. The van der Waals surface area contributed by atoms with Crippen molar-refractivity contribution in [3.8, 4) is 0 Å². The Morgan fingerprint density at radius 3 is 3.14 bits per heavy atom. The zero-order valence-electron chi connectivity index (χ0n) is 7.07. The molecule has 1 aromatic heterocycles. The highest BCUT2D eigenvalue weighted by molar-refractivity contribution is 7.13. The van der Waals surface area contributed by atoms with Gasteiger partial charge in [-0.15, -0.1) is 11.3 Å². The standard InChI is InChI=1S/C7H7FN3O2S/c8-1-2-13-11-5(3-12)6-4-14-7(9)10-6/h4H,1-2H2,(H2,9,10)/b11-5-. The van der Waals surface area contributed by atoms with Crippen LogP contribution in [0.1, 0.15) is 5.69 Å². The number of nitrogens with two attached hydrogens (primary N) is 1. The molecule has 1 aromatic rings. The molecule has 0 atom stereocenters. The summed E-state index contributed by atoms with van der Waals surface area (Å²) in [5.74, 6) is 0. The zero-order valence-corrected chi connectivity index (χ0v) is 7.88. The Kier molecular flexibility index (Phi) is 3.99. The zero-order chi connectivity index (χ0) is 10.4. The fourth-order valence-electron chi connectivity index (χ4n) is 0.659. The van der Waals surface area contributed by atoms with Gasteiger partial charge in [0.1, 0.15) is 19.0 Å². The van der Waals surface area contributed by atoms with Crippen LogP contribution < -0.4 is 5.73 Å². The lowest BCUT2D eigenvalue weighted by molar-refractivity contribution is 0.128. The molecule has 0 aliphatic heterocycles. The molecule has 5 nitrogen and oxygen atoms in total. The Morgan fingerprint density at radius 1 is 1.86 bits per heavy atom. The molecule has 2 N–H and O–H groups in total. The Hall–Kier alpha value is -1.50. The van der Waals surface area contributed by atoms with Crippen molar-refractivity contribution >= 4 is 28.5 Å². The molecule has 0 bridgehead atoms. The molecule has 0 aliphatic rings. The van der Waals surface area contributed by atoms with Gasteiger partial charge in [-0.25, -0.2) is 9.37 Å². The van der Waals surface area contributed by atoms with Gasteiger partial charge in [0.15, 0.2) is 10.8 Å². The number of nitrogen functional groups attached to an aromatic ring is 1. The normalized spacial score (nSPS) is 11.4. The van der Waals surface area contributed by atoms with E-state index in [4.69, 9.17) is 5.73 Å². The summed E-state index contributed by atoms with van der Waals surface area (Å²) in [6.45, 7) is -0.875. The number of hydrogen-bond acceptors (Lipinski definition) is 6. The first kappa shape index (κ1) is 10.6. The van der Waals surface area contributed by atoms with E-state index in [1.165, 1.54) is 11.7 Å². The number of anilines is 1. The second kappa shape index (κ2) is 5.28. The van der Waals surface area contributed by atoms with Gasteiger partial charge in [0, 0.05) is 5.38 Å². The lowest BCUT2D eigenvalue weighted by Gasteiger charge is -1.94. The summed E-state index contributed by atoms with van der Waals surface area (Å²) in [5, 5.41) is 5.21. The second-order valence-corrected chi connectivity index (χ2v) is 3.02. The van der Waals surface area contributed by atoms with E-state index in [0.29, 0.717) is 5.13 Å². The number of hydrogen-bond donors (Lipinski definition) is 1. The second-order valence-electron chi connectivity index (χ2n) is 2.14. The van der Waals surface area contributed by atoms with Crippen LogP contribution in [0.15, 0.2) is 10.5 Å². The summed E-state index contributed by atoms with van der Waals surface area (Å²) in [4.78, 5) is 18.7. The van der Waals surface area contributed by atoms with Crippen LogP contribution in [0, 0.1) is 0 Å². The van der Waals surface area contributed by atoms with E-state index >= 15 is 0 Å². The first-order chi connectivity index (χ1) is 6.77. The molecule has 14 heavy (non-hydrogen) atoms. The first-order valence-electron chi connectivity index (χ1n) is 3.63. The number of carbonyl (C=O) groups excluding carboxylic acids is 1. The number of alkyl halides is 1. The van der Waals surface area contributed by atoms with Crippen LogP contribution in [0.5, 0.6) is 0 Å². The van der Waals surface area contributed by atoms with E-state index in [0.717, 1.165) is 11.3 Å². The molecule has 0 unspecified atom stereocenters. The van der Waals surface area contributed by atoms with Crippen molar-refractivity contribution < 1.29 is 14.0 Å². The number of rotatable bonds is 5. The average Bonchev–Trinajstić information content (AvgIpc) is 2.60. The van der Waals surface area contributed by atoms with Gasteiger partial charge in [0.25, 0.3) is 6.29 Å². The van der Waals surface area contributed by atoms with Gasteiger partial charge >= 0.3 is 0 Å². The van der Waals surface area contributed by atoms with Crippen molar-refractivity contribution in [1.29, 1.82) is 0 Å². The number of thiazole rings is 1. The van der Waals surface area contributed by atoms with Crippen molar-refractivity contribution in [2.45, 2.75) is 0 Å². The summed E-state index contributed by atoms with van der Waals surface area (Å²) >= 11 is 1.16. The third-order valence-electron chi connectivity index (χ3n) is 1.19. The van der Waals surface area contributed by atoms with Gasteiger partial charge < -0.3 is 10.6 Å². The van der Waals surface area contributed by atoms with Crippen LogP contribution in [0.2, 0.25) is 0 Å². The van der Waals surface area contributed by atoms with Crippen LogP contribution in [0.3, 0.4) is 0 Å². The SMILES string of the molecule is Nc1nc(/C([C]=O)=N\OCCF)cs1. The number of nitrogens with zero attached hydrogens (tertiary/aromatic N) is 2. The Morgan fingerprint density at radius 2 is 2.64 bits per heavy atom. The maximum absolute atomic E-state index is 11.6. The molecule has 1 heterocycles. The molecular formula is C7H7FN3O2S. The Bertz CT molecular complexity index is 339. The third-order valence-corrected chi connectivity index (χ3v) is 1.86. The van der Waals surface area contributed by atoms with Crippen molar-refractivity contribution in [3.05, 3.63) is 11.1 Å². The monoisotopic (exact) mass is 216 g/mol. The summed E-state index contributed by atoms with van der Waals surface area (Å²) in [6, 6.07) is 0. The van der Waals surface area contributed by atoms with E-state index in [2.05, 4.69) is 15.0 Å². The van der Waals surface area contributed by atoms with E-state index in [1.54, 1.807) is 0 Å². The largest absolute Gasteiger partial charge is 0.392 e. The molecule has 0 saturated carbocycles. The molecule has 1 rings (SSSR count). The molecule has 7 heteroatoms. The minimum atomic E-state index is -0.672. The van der Waals surface area contributed by atoms with Crippen LogP contribution >= 0.6 is 11.3 Å². The topological polar surface area (TPSA) is 77.6 Å². The highest BCUT2D eigenvalue weighted by Gasteiger charge is 2.08. The van der Waals surface area contributed by atoms with Crippen molar-refractivity contribution in [3.63, 3.8) is 0 Å². The molecule has 0 aliphatic carbocycles. The van der Waals surface area contributed by atoms with Crippen LogP contribution in [-0.2, 0) is 9.63 Å². The van der Waals surface area contributed by atoms with Gasteiger partial charge in [0.2, 0.25) is 0 Å².